The van der Waals surface area contributed by atoms with Crippen molar-refractivity contribution in [3.8, 4) is 0 Å². The van der Waals surface area contributed by atoms with Crippen molar-refractivity contribution in [1.29, 1.82) is 0 Å². The van der Waals surface area contributed by atoms with Gasteiger partial charge in [-0.1, -0.05) is 76.8 Å². The molecule has 1 heteroatoms. The minimum absolute atomic E-state index is 1.11. The lowest BCUT2D eigenvalue weighted by Crippen LogP contribution is -1.88. The summed E-state index contributed by atoms with van der Waals surface area (Å²) in [6.07, 6.45) is 15.3. The first-order valence-corrected chi connectivity index (χ1v) is 8.97. The maximum Gasteiger partial charge on any atom is 0.00694 e. The summed E-state index contributed by atoms with van der Waals surface area (Å²) in [7, 11) is 0. The van der Waals surface area contributed by atoms with Gasteiger partial charge in [-0.05, 0) is 37.0 Å². The molecule has 0 atom stereocenters. The van der Waals surface area contributed by atoms with Crippen molar-refractivity contribution >= 4 is 12.6 Å². The van der Waals surface area contributed by atoms with Crippen molar-refractivity contribution < 1.29 is 0 Å². The second-order valence-electron chi connectivity index (χ2n) is 6.05. The minimum atomic E-state index is 1.11. The molecule has 1 rings (SSSR count). The van der Waals surface area contributed by atoms with Crippen LogP contribution in [0.25, 0.3) is 0 Å². The number of hydrogen-bond acceptors (Lipinski definition) is 1. The Morgan fingerprint density at radius 1 is 0.800 bits per heavy atom. The highest BCUT2D eigenvalue weighted by Crippen LogP contribution is 2.17. The number of rotatable bonds is 11. The number of hydrogen-bond donors (Lipinski definition) is 1. The Morgan fingerprint density at radius 3 is 1.90 bits per heavy atom. The second-order valence-corrected chi connectivity index (χ2v) is 6.53. The van der Waals surface area contributed by atoms with Gasteiger partial charge in [-0.25, -0.2) is 0 Å². The summed E-state index contributed by atoms with van der Waals surface area (Å²) in [5, 5.41) is 0. The molecule has 0 bridgehead atoms. The van der Waals surface area contributed by atoms with Gasteiger partial charge in [-0.2, -0.15) is 0 Å². The molecule has 0 N–H and O–H groups in total. The summed E-state index contributed by atoms with van der Waals surface area (Å²) in [6, 6.07) is 6.64. The molecule has 0 amide bonds. The number of unbranched alkanes of at least 4 members (excludes halogenated alkanes) is 9. The first kappa shape index (κ1) is 17.6. The zero-order valence-electron chi connectivity index (χ0n) is 13.5. The van der Waals surface area contributed by atoms with Crippen molar-refractivity contribution in [2.45, 2.75) is 89.4 Å². The maximum atomic E-state index is 4.42. The van der Waals surface area contributed by atoms with E-state index in [1.54, 1.807) is 0 Å². The van der Waals surface area contributed by atoms with E-state index in [9.17, 15) is 0 Å². The van der Waals surface area contributed by atoms with Crippen LogP contribution in [0.1, 0.15) is 82.3 Å². The lowest BCUT2D eigenvalue weighted by Gasteiger charge is -2.05. The SMILES string of the molecule is CCCCCCCCCCCCc1ccc(S)c(C)c1. The molecule has 0 aromatic heterocycles. The van der Waals surface area contributed by atoms with E-state index in [1.165, 1.54) is 81.8 Å². The van der Waals surface area contributed by atoms with Gasteiger partial charge in [0.15, 0.2) is 0 Å². The fourth-order valence-corrected chi connectivity index (χ4v) is 2.83. The topological polar surface area (TPSA) is 0 Å². The fourth-order valence-electron chi connectivity index (χ4n) is 2.69. The molecule has 1 aromatic carbocycles. The second kappa shape index (κ2) is 11.3. The van der Waals surface area contributed by atoms with E-state index in [1.807, 2.05) is 0 Å². The molecule has 0 heterocycles. The van der Waals surface area contributed by atoms with E-state index in [0.29, 0.717) is 0 Å². The van der Waals surface area contributed by atoms with E-state index in [-0.39, 0.29) is 0 Å². The average molecular weight is 293 g/mol. The Hall–Kier alpha value is -0.430. The van der Waals surface area contributed by atoms with Gasteiger partial charge in [0.05, 0.1) is 0 Å². The van der Waals surface area contributed by atoms with Crippen LogP contribution >= 0.6 is 12.6 Å². The van der Waals surface area contributed by atoms with Gasteiger partial charge in [0, 0.05) is 4.90 Å². The van der Waals surface area contributed by atoms with E-state index >= 15 is 0 Å². The van der Waals surface area contributed by atoms with Crippen LogP contribution in [0.4, 0.5) is 0 Å². The third-order valence-electron chi connectivity index (χ3n) is 4.08. The normalized spacial score (nSPS) is 10.9. The number of benzene rings is 1. The average Bonchev–Trinajstić information content (AvgIpc) is 2.45. The molecule has 114 valence electrons. The van der Waals surface area contributed by atoms with Crippen LogP contribution in [-0.2, 0) is 6.42 Å². The lowest BCUT2D eigenvalue weighted by molar-refractivity contribution is 0.556. The molecule has 0 aliphatic rings. The van der Waals surface area contributed by atoms with Gasteiger partial charge in [0.2, 0.25) is 0 Å². The highest BCUT2D eigenvalue weighted by molar-refractivity contribution is 7.80. The summed E-state index contributed by atoms with van der Waals surface area (Å²) in [4.78, 5) is 1.11. The molecule has 0 spiro atoms. The molecule has 0 nitrogen and oxygen atoms in total. The summed E-state index contributed by atoms with van der Waals surface area (Å²) in [5.41, 5.74) is 2.78. The highest BCUT2D eigenvalue weighted by Gasteiger charge is 1.98. The van der Waals surface area contributed by atoms with Gasteiger partial charge in [0.25, 0.3) is 0 Å². The molecule has 0 aliphatic carbocycles. The van der Waals surface area contributed by atoms with Crippen molar-refractivity contribution in [3.05, 3.63) is 29.3 Å². The van der Waals surface area contributed by atoms with Crippen molar-refractivity contribution in [2.24, 2.45) is 0 Å². The third-order valence-corrected chi connectivity index (χ3v) is 4.58. The molecule has 1 aromatic rings. The minimum Gasteiger partial charge on any atom is -0.143 e. The van der Waals surface area contributed by atoms with E-state index in [0.717, 1.165) is 4.90 Å². The predicted molar refractivity (Wildman–Crippen MR) is 94.0 cm³/mol. The standard InChI is InChI=1S/C19H32S/c1-3-4-5-6-7-8-9-10-11-12-13-18-14-15-19(20)17(2)16-18/h14-16,20H,3-13H2,1-2H3. The largest absolute Gasteiger partial charge is 0.143 e. The quantitative estimate of drug-likeness (QED) is 0.338. The Labute approximate surface area is 131 Å². The van der Waals surface area contributed by atoms with E-state index in [2.05, 4.69) is 44.7 Å². The predicted octanol–water partition coefficient (Wildman–Crippen LogP) is 6.75. The Morgan fingerprint density at radius 2 is 1.35 bits per heavy atom. The molecular weight excluding hydrogens is 260 g/mol. The van der Waals surface area contributed by atoms with Crippen LogP contribution < -0.4 is 0 Å². The molecule has 20 heavy (non-hydrogen) atoms. The van der Waals surface area contributed by atoms with Gasteiger partial charge in [0.1, 0.15) is 0 Å². The van der Waals surface area contributed by atoms with Gasteiger partial charge in [-0.3, -0.25) is 0 Å². The van der Waals surface area contributed by atoms with Crippen molar-refractivity contribution in [1.82, 2.24) is 0 Å². The van der Waals surface area contributed by atoms with Crippen LogP contribution in [-0.4, -0.2) is 0 Å². The van der Waals surface area contributed by atoms with Gasteiger partial charge < -0.3 is 0 Å². The van der Waals surface area contributed by atoms with Crippen LogP contribution in [0.3, 0.4) is 0 Å². The Kier molecular flexibility index (Phi) is 9.92. The zero-order valence-corrected chi connectivity index (χ0v) is 14.4. The lowest BCUT2D eigenvalue weighted by atomic mass is 10.0. The third kappa shape index (κ3) is 7.99. The first-order chi connectivity index (χ1) is 9.74. The van der Waals surface area contributed by atoms with Crippen LogP contribution in [0.2, 0.25) is 0 Å². The smallest absolute Gasteiger partial charge is 0.00694 e. The molecule has 0 saturated carbocycles. The van der Waals surface area contributed by atoms with Crippen LogP contribution in [0.15, 0.2) is 23.1 Å². The van der Waals surface area contributed by atoms with E-state index in [4.69, 9.17) is 0 Å². The van der Waals surface area contributed by atoms with E-state index < -0.39 is 0 Å². The molecular formula is C19H32S. The first-order valence-electron chi connectivity index (χ1n) is 8.52. The van der Waals surface area contributed by atoms with Crippen LogP contribution in [0, 0.1) is 6.92 Å². The summed E-state index contributed by atoms with van der Waals surface area (Å²) >= 11 is 4.42. The van der Waals surface area contributed by atoms with Gasteiger partial charge >= 0.3 is 0 Å². The van der Waals surface area contributed by atoms with Crippen molar-refractivity contribution in [3.63, 3.8) is 0 Å². The maximum absolute atomic E-state index is 4.42. The number of aryl methyl sites for hydroxylation is 2. The fraction of sp³-hybridized carbons (Fsp3) is 0.684. The zero-order chi connectivity index (χ0) is 14.6. The summed E-state index contributed by atoms with van der Waals surface area (Å²) < 4.78 is 0. The monoisotopic (exact) mass is 292 g/mol. The molecule has 0 saturated heterocycles. The number of thiol groups is 1. The molecule has 0 unspecified atom stereocenters. The van der Waals surface area contributed by atoms with Crippen molar-refractivity contribution in [2.75, 3.05) is 0 Å². The van der Waals surface area contributed by atoms with Crippen LogP contribution in [0.5, 0.6) is 0 Å². The Balaban J connectivity index is 1.95. The summed E-state index contributed by atoms with van der Waals surface area (Å²) in [5.74, 6) is 0. The highest BCUT2D eigenvalue weighted by atomic mass is 32.1. The Bertz CT molecular complexity index is 357. The molecule has 0 radical (unpaired) electrons. The summed E-state index contributed by atoms with van der Waals surface area (Å²) in [6.45, 7) is 4.43. The molecule has 0 aliphatic heterocycles. The van der Waals surface area contributed by atoms with Gasteiger partial charge in [-0.15, -0.1) is 12.6 Å². The molecule has 0 fully saturated rings.